The maximum absolute atomic E-state index is 12.3. The molecular formula is C26H21N5O2. The Kier molecular flexibility index (Phi) is 5.20. The first-order valence-corrected chi connectivity index (χ1v) is 10.4. The van der Waals surface area contributed by atoms with Gasteiger partial charge in [0.2, 0.25) is 0 Å². The van der Waals surface area contributed by atoms with Gasteiger partial charge in [0, 0.05) is 46.7 Å². The third-order valence-electron chi connectivity index (χ3n) is 5.33. The zero-order valence-corrected chi connectivity index (χ0v) is 17.9. The standard InChI is InChI=1S/C26H21N5O2/c1-16-4-2-6-20(12-16)31-26(32)30-19-9-7-17(8-10-19)22-15-33-24-21(14-29-25(27)23(22)24)18-5-3-11-28-13-18/h2-15H,1H3,(H2,27,29)(H2,30,31,32). The van der Waals surface area contributed by atoms with E-state index in [0.717, 1.165) is 38.9 Å². The molecule has 0 unspecified atom stereocenters. The second-order valence-electron chi connectivity index (χ2n) is 7.68. The number of aryl methyl sites for hydroxylation is 1. The van der Waals surface area contributed by atoms with Crippen LogP contribution in [0.3, 0.4) is 0 Å². The van der Waals surface area contributed by atoms with Crippen molar-refractivity contribution in [1.29, 1.82) is 0 Å². The van der Waals surface area contributed by atoms with Gasteiger partial charge in [-0.05, 0) is 48.4 Å². The molecule has 0 spiro atoms. The number of hydrogen-bond acceptors (Lipinski definition) is 5. The summed E-state index contributed by atoms with van der Waals surface area (Å²) in [5, 5.41) is 6.42. The summed E-state index contributed by atoms with van der Waals surface area (Å²) in [6, 6.07) is 18.6. The van der Waals surface area contributed by atoms with E-state index < -0.39 is 0 Å². The lowest BCUT2D eigenvalue weighted by Crippen LogP contribution is -2.19. The SMILES string of the molecule is Cc1cccc(NC(=O)Nc2ccc(-c3coc4c(-c5cccnc5)cnc(N)c34)cc2)c1. The smallest absolute Gasteiger partial charge is 0.323 e. The summed E-state index contributed by atoms with van der Waals surface area (Å²) in [7, 11) is 0. The number of fused-ring (bicyclic) bond motifs is 1. The van der Waals surface area contributed by atoms with Crippen molar-refractivity contribution in [2.45, 2.75) is 6.92 Å². The third kappa shape index (κ3) is 4.12. The fraction of sp³-hybridized carbons (Fsp3) is 0.0385. The topological polar surface area (TPSA) is 106 Å². The molecule has 2 aromatic carbocycles. The number of anilines is 3. The molecule has 0 radical (unpaired) electrons. The second-order valence-corrected chi connectivity index (χ2v) is 7.68. The second kappa shape index (κ2) is 8.47. The molecule has 0 atom stereocenters. The van der Waals surface area contributed by atoms with E-state index in [9.17, 15) is 4.79 Å². The number of benzene rings is 2. The lowest BCUT2D eigenvalue weighted by Gasteiger charge is -2.09. The van der Waals surface area contributed by atoms with Gasteiger partial charge in [0.05, 0.1) is 11.6 Å². The van der Waals surface area contributed by atoms with Crippen molar-refractivity contribution >= 4 is 34.2 Å². The van der Waals surface area contributed by atoms with Gasteiger partial charge < -0.3 is 20.8 Å². The average Bonchev–Trinajstić information content (AvgIpc) is 3.26. The van der Waals surface area contributed by atoms with E-state index in [0.29, 0.717) is 17.1 Å². The molecule has 0 aliphatic rings. The molecule has 7 nitrogen and oxygen atoms in total. The Morgan fingerprint density at radius 1 is 0.909 bits per heavy atom. The van der Waals surface area contributed by atoms with E-state index in [1.807, 2.05) is 67.6 Å². The molecule has 0 bridgehead atoms. The summed E-state index contributed by atoms with van der Waals surface area (Å²) >= 11 is 0. The first-order chi connectivity index (χ1) is 16.1. The van der Waals surface area contributed by atoms with Crippen molar-refractivity contribution in [1.82, 2.24) is 9.97 Å². The first-order valence-electron chi connectivity index (χ1n) is 10.4. The largest absolute Gasteiger partial charge is 0.463 e. The van der Waals surface area contributed by atoms with Crippen molar-refractivity contribution in [2.24, 2.45) is 0 Å². The monoisotopic (exact) mass is 435 g/mol. The number of nitrogens with two attached hydrogens (primary N) is 1. The molecule has 5 aromatic rings. The van der Waals surface area contributed by atoms with Crippen LogP contribution in [-0.2, 0) is 0 Å². The van der Waals surface area contributed by atoms with E-state index in [1.54, 1.807) is 24.9 Å². The molecule has 0 aliphatic carbocycles. The van der Waals surface area contributed by atoms with Gasteiger partial charge in [0.15, 0.2) is 0 Å². The zero-order valence-electron chi connectivity index (χ0n) is 17.9. The van der Waals surface area contributed by atoms with Crippen LogP contribution >= 0.6 is 0 Å². The van der Waals surface area contributed by atoms with E-state index in [-0.39, 0.29) is 6.03 Å². The van der Waals surface area contributed by atoms with Gasteiger partial charge in [-0.25, -0.2) is 9.78 Å². The Morgan fingerprint density at radius 3 is 2.48 bits per heavy atom. The van der Waals surface area contributed by atoms with Gasteiger partial charge in [-0.15, -0.1) is 0 Å². The molecule has 3 aromatic heterocycles. The van der Waals surface area contributed by atoms with Crippen LogP contribution in [0.4, 0.5) is 22.0 Å². The number of pyridine rings is 2. The molecule has 7 heteroatoms. The Bertz CT molecular complexity index is 1440. The molecule has 5 rings (SSSR count). The van der Waals surface area contributed by atoms with Crippen molar-refractivity contribution in [3.8, 4) is 22.3 Å². The normalized spacial score (nSPS) is 10.8. The summed E-state index contributed by atoms with van der Waals surface area (Å²) in [6.45, 7) is 1.98. The summed E-state index contributed by atoms with van der Waals surface area (Å²) in [5.41, 5.74) is 12.8. The van der Waals surface area contributed by atoms with Gasteiger partial charge >= 0.3 is 6.03 Å². The quantitative estimate of drug-likeness (QED) is 0.317. The molecular weight excluding hydrogens is 414 g/mol. The zero-order chi connectivity index (χ0) is 22.8. The van der Waals surface area contributed by atoms with Crippen LogP contribution in [0, 0.1) is 6.92 Å². The van der Waals surface area contributed by atoms with Crippen LogP contribution in [0.25, 0.3) is 33.2 Å². The molecule has 0 saturated heterocycles. The van der Waals surface area contributed by atoms with Crippen LogP contribution in [0.5, 0.6) is 0 Å². The Hall–Kier alpha value is -4.65. The molecule has 162 valence electrons. The van der Waals surface area contributed by atoms with E-state index in [2.05, 4.69) is 20.6 Å². The molecule has 2 amide bonds. The van der Waals surface area contributed by atoms with Crippen LogP contribution < -0.4 is 16.4 Å². The molecule has 0 fully saturated rings. The third-order valence-corrected chi connectivity index (χ3v) is 5.33. The number of nitrogens with zero attached hydrogens (tertiary/aromatic N) is 2. The Morgan fingerprint density at radius 2 is 1.73 bits per heavy atom. The highest BCUT2D eigenvalue weighted by molar-refractivity contribution is 6.06. The number of hydrogen-bond donors (Lipinski definition) is 3. The van der Waals surface area contributed by atoms with Crippen LogP contribution in [0.15, 0.2) is 89.9 Å². The number of nitrogens with one attached hydrogen (secondary N) is 2. The van der Waals surface area contributed by atoms with Gasteiger partial charge in [-0.3, -0.25) is 4.98 Å². The molecule has 3 heterocycles. The van der Waals surface area contributed by atoms with E-state index in [1.165, 1.54) is 0 Å². The van der Waals surface area contributed by atoms with Crippen molar-refractivity contribution in [3.05, 3.63) is 91.1 Å². The molecule has 33 heavy (non-hydrogen) atoms. The summed E-state index contributed by atoms with van der Waals surface area (Å²) in [4.78, 5) is 20.9. The number of urea groups is 1. The molecule has 0 saturated carbocycles. The predicted octanol–water partition coefficient (Wildman–Crippen LogP) is 6.09. The van der Waals surface area contributed by atoms with Crippen molar-refractivity contribution in [3.63, 3.8) is 0 Å². The molecule has 4 N–H and O–H groups in total. The maximum atomic E-state index is 12.3. The number of aromatic nitrogens is 2. The van der Waals surface area contributed by atoms with E-state index in [4.69, 9.17) is 10.2 Å². The summed E-state index contributed by atoms with van der Waals surface area (Å²) < 4.78 is 5.91. The predicted molar refractivity (Wildman–Crippen MR) is 131 cm³/mol. The van der Waals surface area contributed by atoms with Crippen LogP contribution in [0.1, 0.15) is 5.56 Å². The number of carbonyl (C=O) groups excluding carboxylic acids is 1. The highest BCUT2D eigenvalue weighted by Crippen LogP contribution is 2.38. The minimum atomic E-state index is -0.309. The maximum Gasteiger partial charge on any atom is 0.323 e. The first kappa shape index (κ1) is 20.3. The van der Waals surface area contributed by atoms with Gasteiger partial charge in [0.25, 0.3) is 0 Å². The van der Waals surface area contributed by atoms with Gasteiger partial charge in [-0.1, -0.05) is 30.3 Å². The lowest BCUT2D eigenvalue weighted by molar-refractivity contribution is 0.262. The number of rotatable bonds is 4. The number of nitrogen functional groups attached to an aromatic ring is 1. The Balaban J connectivity index is 1.40. The number of carbonyl (C=O) groups is 1. The molecule has 0 aliphatic heterocycles. The Labute approximate surface area is 190 Å². The van der Waals surface area contributed by atoms with Crippen LogP contribution in [-0.4, -0.2) is 16.0 Å². The van der Waals surface area contributed by atoms with E-state index >= 15 is 0 Å². The summed E-state index contributed by atoms with van der Waals surface area (Å²) in [5.74, 6) is 0.390. The minimum Gasteiger partial charge on any atom is -0.463 e. The minimum absolute atomic E-state index is 0.309. The van der Waals surface area contributed by atoms with Crippen molar-refractivity contribution in [2.75, 3.05) is 16.4 Å². The lowest BCUT2D eigenvalue weighted by atomic mass is 10.0. The fourth-order valence-corrected chi connectivity index (χ4v) is 3.76. The number of furan rings is 1. The van der Waals surface area contributed by atoms with Gasteiger partial charge in [0.1, 0.15) is 11.4 Å². The average molecular weight is 435 g/mol. The van der Waals surface area contributed by atoms with Crippen molar-refractivity contribution < 1.29 is 9.21 Å². The van der Waals surface area contributed by atoms with Gasteiger partial charge in [-0.2, -0.15) is 0 Å². The van der Waals surface area contributed by atoms with Crippen LogP contribution in [0.2, 0.25) is 0 Å². The highest BCUT2D eigenvalue weighted by atomic mass is 16.3. The highest BCUT2D eigenvalue weighted by Gasteiger charge is 2.17. The number of amides is 2. The fourth-order valence-electron chi connectivity index (χ4n) is 3.76. The summed E-state index contributed by atoms with van der Waals surface area (Å²) in [6.07, 6.45) is 6.85.